The van der Waals surface area contributed by atoms with Gasteiger partial charge >= 0.3 is 0 Å². The van der Waals surface area contributed by atoms with E-state index in [9.17, 15) is 9.59 Å². The van der Waals surface area contributed by atoms with Crippen LogP contribution < -0.4 is 15.0 Å². The first kappa shape index (κ1) is 16.3. The molecule has 1 aromatic carbocycles. The zero-order chi connectivity index (χ0) is 17.1. The average Bonchev–Trinajstić information content (AvgIpc) is 2.98. The smallest absolute Gasteiger partial charge is 0.229 e. The highest BCUT2D eigenvalue weighted by molar-refractivity contribution is 6.33. The molecule has 124 valence electrons. The molecule has 1 unspecified atom stereocenters. The summed E-state index contributed by atoms with van der Waals surface area (Å²) in [6.07, 6.45) is 1.67. The van der Waals surface area contributed by atoms with Gasteiger partial charge in [-0.05, 0) is 18.2 Å². The van der Waals surface area contributed by atoms with Crippen molar-refractivity contribution in [2.24, 2.45) is 5.92 Å². The van der Waals surface area contributed by atoms with E-state index < -0.39 is 5.92 Å². The van der Waals surface area contributed by atoms with Crippen LogP contribution >= 0.6 is 11.6 Å². The Balaban J connectivity index is 1.68. The maximum Gasteiger partial charge on any atom is 0.229 e. The maximum atomic E-state index is 12.4. The largest absolute Gasteiger partial charge is 0.481 e. The molecule has 1 N–H and O–H groups in total. The number of pyridine rings is 1. The molecule has 3 rings (SSSR count). The number of nitrogens with zero attached hydrogens (tertiary/aromatic N) is 2. The minimum Gasteiger partial charge on any atom is -0.481 e. The summed E-state index contributed by atoms with van der Waals surface area (Å²) in [7, 11) is 1.52. The number of amides is 2. The molecule has 2 amide bonds. The van der Waals surface area contributed by atoms with Crippen molar-refractivity contribution in [1.82, 2.24) is 4.98 Å². The molecule has 0 spiro atoms. The SMILES string of the molecule is COc1ccc(NC(=O)C2CC(=O)N(c3ccccc3Cl)C2)cn1. The molecule has 1 aromatic heterocycles. The Morgan fingerprint density at radius 2 is 2.12 bits per heavy atom. The van der Waals surface area contributed by atoms with Crippen LogP contribution in [0, 0.1) is 5.92 Å². The van der Waals surface area contributed by atoms with Gasteiger partial charge in [0.25, 0.3) is 0 Å². The molecular weight excluding hydrogens is 330 g/mol. The molecule has 0 saturated carbocycles. The van der Waals surface area contributed by atoms with Gasteiger partial charge in [0.15, 0.2) is 0 Å². The maximum absolute atomic E-state index is 12.4. The van der Waals surface area contributed by atoms with Crippen molar-refractivity contribution in [1.29, 1.82) is 0 Å². The summed E-state index contributed by atoms with van der Waals surface area (Å²) < 4.78 is 4.97. The van der Waals surface area contributed by atoms with Gasteiger partial charge in [-0.1, -0.05) is 23.7 Å². The number of benzene rings is 1. The van der Waals surface area contributed by atoms with Gasteiger partial charge in [0.05, 0.1) is 35.6 Å². The van der Waals surface area contributed by atoms with Crippen LogP contribution in [0.3, 0.4) is 0 Å². The van der Waals surface area contributed by atoms with Crippen molar-refractivity contribution in [2.75, 3.05) is 23.9 Å². The van der Waals surface area contributed by atoms with Gasteiger partial charge in [0.1, 0.15) is 0 Å². The Bertz CT molecular complexity index is 764. The number of ether oxygens (including phenoxy) is 1. The van der Waals surface area contributed by atoms with E-state index in [0.717, 1.165) is 0 Å². The number of anilines is 2. The van der Waals surface area contributed by atoms with E-state index in [4.69, 9.17) is 16.3 Å². The Labute approximate surface area is 144 Å². The lowest BCUT2D eigenvalue weighted by atomic mass is 10.1. The molecule has 7 heteroatoms. The molecule has 0 radical (unpaired) electrons. The molecular formula is C17H16ClN3O3. The van der Waals surface area contributed by atoms with E-state index in [0.29, 0.717) is 28.8 Å². The Kier molecular flexibility index (Phi) is 4.66. The molecule has 1 saturated heterocycles. The third-order valence-corrected chi connectivity index (χ3v) is 4.17. The van der Waals surface area contributed by atoms with Gasteiger partial charge in [0, 0.05) is 19.0 Å². The van der Waals surface area contributed by atoms with Crippen LogP contribution in [-0.2, 0) is 9.59 Å². The first-order valence-corrected chi connectivity index (χ1v) is 7.82. The van der Waals surface area contributed by atoms with Crippen LogP contribution in [0.4, 0.5) is 11.4 Å². The fourth-order valence-electron chi connectivity index (χ4n) is 2.61. The number of nitrogens with one attached hydrogen (secondary N) is 1. The first-order chi connectivity index (χ1) is 11.6. The van der Waals surface area contributed by atoms with Gasteiger partial charge in [-0.15, -0.1) is 0 Å². The zero-order valence-corrected chi connectivity index (χ0v) is 13.8. The monoisotopic (exact) mass is 345 g/mol. The summed E-state index contributed by atoms with van der Waals surface area (Å²) in [6.45, 7) is 0.304. The minimum absolute atomic E-state index is 0.115. The quantitative estimate of drug-likeness (QED) is 0.924. The second kappa shape index (κ2) is 6.88. The molecule has 0 bridgehead atoms. The molecule has 6 nitrogen and oxygen atoms in total. The lowest BCUT2D eigenvalue weighted by Crippen LogP contribution is -2.28. The van der Waals surface area contributed by atoms with Crippen molar-refractivity contribution < 1.29 is 14.3 Å². The number of halogens is 1. The standard InChI is InChI=1S/C17H16ClN3O3/c1-24-15-7-6-12(9-19-15)20-17(23)11-8-16(22)21(10-11)14-5-3-2-4-13(14)18/h2-7,9,11H,8,10H2,1H3,(H,20,23). The van der Waals surface area contributed by atoms with Crippen LogP contribution in [0.5, 0.6) is 5.88 Å². The highest BCUT2D eigenvalue weighted by atomic mass is 35.5. The zero-order valence-electron chi connectivity index (χ0n) is 13.0. The number of methoxy groups -OCH3 is 1. The molecule has 2 heterocycles. The number of carbonyl (C=O) groups excluding carboxylic acids is 2. The van der Waals surface area contributed by atoms with Crippen LogP contribution in [0.15, 0.2) is 42.6 Å². The second-order valence-corrected chi connectivity index (χ2v) is 5.84. The summed E-state index contributed by atoms with van der Waals surface area (Å²) in [5.74, 6) is -0.300. The van der Waals surface area contributed by atoms with E-state index in [1.807, 2.05) is 6.07 Å². The second-order valence-electron chi connectivity index (χ2n) is 5.44. The molecule has 1 aliphatic rings. The summed E-state index contributed by atoms with van der Waals surface area (Å²) in [6, 6.07) is 10.5. The Hall–Kier alpha value is -2.60. The van der Waals surface area contributed by atoms with Crippen LogP contribution in [0.25, 0.3) is 0 Å². The predicted octanol–water partition coefficient (Wildman–Crippen LogP) is 2.74. The van der Waals surface area contributed by atoms with Crippen LogP contribution in [0.1, 0.15) is 6.42 Å². The highest BCUT2D eigenvalue weighted by Crippen LogP contribution is 2.31. The first-order valence-electron chi connectivity index (χ1n) is 7.44. The summed E-state index contributed by atoms with van der Waals surface area (Å²) in [5.41, 5.74) is 1.19. The van der Waals surface area contributed by atoms with Crippen LogP contribution in [-0.4, -0.2) is 30.5 Å². The molecule has 24 heavy (non-hydrogen) atoms. The normalized spacial score (nSPS) is 17.0. The van der Waals surface area contributed by atoms with Crippen LogP contribution in [0.2, 0.25) is 5.02 Å². The predicted molar refractivity (Wildman–Crippen MR) is 91.3 cm³/mol. The fraction of sp³-hybridized carbons (Fsp3) is 0.235. The number of rotatable bonds is 4. The summed E-state index contributed by atoms with van der Waals surface area (Å²) in [5, 5.41) is 3.27. The average molecular weight is 346 g/mol. The number of para-hydroxylation sites is 1. The molecule has 2 aromatic rings. The molecule has 1 aliphatic heterocycles. The summed E-state index contributed by atoms with van der Waals surface area (Å²) in [4.78, 5) is 30.2. The van der Waals surface area contributed by atoms with Gasteiger partial charge in [-0.3, -0.25) is 9.59 Å². The van der Waals surface area contributed by atoms with Gasteiger partial charge < -0.3 is 15.0 Å². The van der Waals surface area contributed by atoms with Crippen molar-refractivity contribution >= 4 is 34.8 Å². The number of hydrogen-bond donors (Lipinski definition) is 1. The van der Waals surface area contributed by atoms with E-state index in [1.54, 1.807) is 35.2 Å². The van der Waals surface area contributed by atoms with Crippen molar-refractivity contribution in [3.63, 3.8) is 0 Å². The fourth-order valence-corrected chi connectivity index (χ4v) is 2.84. The number of aromatic nitrogens is 1. The Morgan fingerprint density at radius 3 is 2.79 bits per heavy atom. The molecule has 0 aliphatic carbocycles. The lowest BCUT2D eigenvalue weighted by Gasteiger charge is -2.18. The third kappa shape index (κ3) is 3.33. The number of hydrogen-bond acceptors (Lipinski definition) is 4. The third-order valence-electron chi connectivity index (χ3n) is 3.85. The van der Waals surface area contributed by atoms with Gasteiger partial charge in [-0.2, -0.15) is 0 Å². The topological polar surface area (TPSA) is 71.5 Å². The molecule has 1 fully saturated rings. The van der Waals surface area contributed by atoms with E-state index in [2.05, 4.69) is 10.3 Å². The summed E-state index contributed by atoms with van der Waals surface area (Å²) >= 11 is 6.14. The van der Waals surface area contributed by atoms with E-state index in [1.165, 1.54) is 13.3 Å². The Morgan fingerprint density at radius 1 is 1.33 bits per heavy atom. The minimum atomic E-state index is -0.434. The van der Waals surface area contributed by atoms with Gasteiger partial charge in [0.2, 0.25) is 17.7 Å². The van der Waals surface area contributed by atoms with E-state index >= 15 is 0 Å². The lowest BCUT2D eigenvalue weighted by molar-refractivity contribution is -0.122. The highest BCUT2D eigenvalue weighted by Gasteiger charge is 2.35. The van der Waals surface area contributed by atoms with Crippen molar-refractivity contribution in [2.45, 2.75) is 6.42 Å². The van der Waals surface area contributed by atoms with E-state index in [-0.39, 0.29) is 18.2 Å². The van der Waals surface area contributed by atoms with Gasteiger partial charge in [-0.25, -0.2) is 4.98 Å². The molecule has 1 atom stereocenters. The van der Waals surface area contributed by atoms with Crippen molar-refractivity contribution in [3.8, 4) is 5.88 Å². The number of carbonyl (C=O) groups is 2. The van der Waals surface area contributed by atoms with Crippen molar-refractivity contribution in [3.05, 3.63) is 47.6 Å².